The van der Waals surface area contributed by atoms with Gasteiger partial charge in [-0.1, -0.05) is 37.3 Å². The SMILES string of the molecule is C=C/C=C1\C=C/COCCCCCCOc2cc(ccc2C(=O)NCC2(C(=O)OC)CCN(C(=O)OC(C)(C)C)CC2)Nc2nc(nc(OCC(F)(F)F)n2)NC1. The van der Waals surface area contributed by atoms with E-state index < -0.39 is 47.8 Å². The number of methoxy groups -OCH3 is 1. The number of piperidine rings is 1. The summed E-state index contributed by atoms with van der Waals surface area (Å²) in [5.74, 6) is -1.05. The number of carbonyl (C=O) groups excluding carboxylic acids is 3. The molecule has 1 saturated heterocycles. The summed E-state index contributed by atoms with van der Waals surface area (Å²) in [7, 11) is 1.28. The van der Waals surface area contributed by atoms with Crippen molar-refractivity contribution in [2.45, 2.75) is 71.1 Å². The van der Waals surface area contributed by atoms with Crippen LogP contribution in [-0.4, -0.2) is 109 Å². The topological polar surface area (TPSA) is 175 Å². The molecule has 15 nitrogen and oxygen atoms in total. The van der Waals surface area contributed by atoms with E-state index in [-0.39, 0.29) is 68.8 Å². The Morgan fingerprint density at radius 1 is 1.04 bits per heavy atom. The highest BCUT2D eigenvalue weighted by Gasteiger charge is 2.44. The van der Waals surface area contributed by atoms with Crippen molar-refractivity contribution in [1.29, 1.82) is 0 Å². The molecule has 18 heteroatoms. The third kappa shape index (κ3) is 14.6. The number of fused-ring (bicyclic) bond motifs is 4. The molecule has 3 heterocycles. The molecule has 1 aromatic carbocycles. The van der Waals surface area contributed by atoms with Crippen LogP contribution in [0.5, 0.6) is 11.8 Å². The Kier molecular flexibility index (Phi) is 16.1. The number of aromatic nitrogens is 3. The predicted molar refractivity (Wildman–Crippen MR) is 206 cm³/mol. The first-order valence-corrected chi connectivity index (χ1v) is 18.7. The van der Waals surface area contributed by atoms with Gasteiger partial charge in [-0.2, -0.15) is 28.1 Å². The number of amides is 2. The quantitative estimate of drug-likeness (QED) is 0.258. The standard InChI is InChI=1S/C39H52F3N7O8/c1-6-12-27-13-11-21-54-20-9-7-8-10-22-55-30-23-28(45-34-46-33(43-24-27)47-35(48-34)56-26-39(40,41)42)14-15-29(30)31(50)44-25-38(32(51)53-5)16-18-49(19-17-38)36(52)57-37(2,3)4/h6,11-15,23H,1,7-10,16-22,24-26H2,2-5H3,(H,44,50)(H2,43,45,46,47,48)/b13-11-,27-12+. The molecule has 57 heavy (non-hydrogen) atoms. The molecular formula is C39H52F3N7O8. The molecule has 4 rings (SSSR count). The van der Waals surface area contributed by atoms with Crippen molar-refractivity contribution < 1.29 is 51.2 Å². The molecule has 1 fully saturated rings. The van der Waals surface area contributed by atoms with Crippen molar-refractivity contribution in [1.82, 2.24) is 25.2 Å². The maximum atomic E-state index is 13.8. The lowest BCUT2D eigenvalue weighted by Crippen LogP contribution is -2.52. The molecule has 312 valence electrons. The summed E-state index contributed by atoms with van der Waals surface area (Å²) >= 11 is 0. The van der Waals surface area contributed by atoms with Crippen molar-refractivity contribution in [3.63, 3.8) is 0 Å². The summed E-state index contributed by atoms with van der Waals surface area (Å²) in [5, 5.41) is 8.81. The van der Waals surface area contributed by atoms with E-state index in [1.165, 1.54) is 18.1 Å². The number of halogens is 3. The first-order valence-electron chi connectivity index (χ1n) is 18.7. The van der Waals surface area contributed by atoms with Crippen LogP contribution in [0.25, 0.3) is 0 Å². The number of anilines is 3. The molecule has 2 amide bonds. The highest BCUT2D eigenvalue weighted by Crippen LogP contribution is 2.34. The van der Waals surface area contributed by atoms with Crippen LogP contribution in [-0.2, 0) is 19.0 Å². The summed E-state index contributed by atoms with van der Waals surface area (Å²) in [6.45, 7) is 9.20. The van der Waals surface area contributed by atoms with Crippen LogP contribution in [0.2, 0.25) is 0 Å². The second-order valence-corrected chi connectivity index (χ2v) is 14.5. The van der Waals surface area contributed by atoms with Gasteiger partial charge < -0.3 is 44.5 Å². The number of allylic oxidation sites excluding steroid dienone is 2. The number of nitrogens with zero attached hydrogens (tertiary/aromatic N) is 4. The fraction of sp³-hybridized carbons (Fsp3) is 0.538. The maximum Gasteiger partial charge on any atom is 0.422 e. The first-order chi connectivity index (χ1) is 27.1. The zero-order valence-electron chi connectivity index (χ0n) is 32.8. The summed E-state index contributed by atoms with van der Waals surface area (Å²) in [6, 6.07) is 4.03. The van der Waals surface area contributed by atoms with E-state index in [4.69, 9.17) is 23.7 Å². The maximum absolute atomic E-state index is 13.8. The Morgan fingerprint density at radius 2 is 1.75 bits per heavy atom. The minimum Gasteiger partial charge on any atom is -0.493 e. The normalized spacial score (nSPS) is 18.3. The molecule has 1 aromatic heterocycles. The van der Waals surface area contributed by atoms with E-state index >= 15 is 0 Å². The molecule has 2 aromatic rings. The molecule has 4 bridgehead atoms. The highest BCUT2D eigenvalue weighted by atomic mass is 19.4. The number of hydrogen-bond donors (Lipinski definition) is 3. The summed E-state index contributed by atoms with van der Waals surface area (Å²) in [4.78, 5) is 53.5. The number of hydrogen-bond acceptors (Lipinski definition) is 13. The van der Waals surface area contributed by atoms with Gasteiger partial charge in [0.15, 0.2) is 6.61 Å². The molecule has 0 radical (unpaired) electrons. The van der Waals surface area contributed by atoms with Gasteiger partial charge in [0.1, 0.15) is 11.4 Å². The Hall–Kier alpha value is -5.39. The van der Waals surface area contributed by atoms with E-state index in [0.717, 1.165) is 24.8 Å². The molecule has 0 atom stereocenters. The predicted octanol–water partition coefficient (Wildman–Crippen LogP) is 6.53. The van der Waals surface area contributed by atoms with Gasteiger partial charge in [-0.05, 0) is 70.6 Å². The molecule has 3 N–H and O–H groups in total. The number of carbonyl (C=O) groups is 3. The van der Waals surface area contributed by atoms with E-state index in [0.29, 0.717) is 25.3 Å². The lowest BCUT2D eigenvalue weighted by Gasteiger charge is -2.40. The summed E-state index contributed by atoms with van der Waals surface area (Å²) in [6.07, 6.45) is 5.62. The largest absolute Gasteiger partial charge is 0.493 e. The molecule has 2 aliphatic rings. The highest BCUT2D eigenvalue weighted by molar-refractivity contribution is 5.98. The minimum atomic E-state index is -4.64. The number of rotatable bonds is 7. The third-order valence-corrected chi connectivity index (χ3v) is 8.81. The first kappa shape index (κ1) is 44.3. The smallest absolute Gasteiger partial charge is 0.422 e. The van der Waals surface area contributed by atoms with Crippen LogP contribution in [0.3, 0.4) is 0 Å². The lowest BCUT2D eigenvalue weighted by atomic mass is 9.78. The van der Waals surface area contributed by atoms with Gasteiger partial charge >= 0.3 is 24.2 Å². The van der Waals surface area contributed by atoms with E-state index in [1.807, 2.05) is 12.2 Å². The third-order valence-electron chi connectivity index (χ3n) is 8.81. The Bertz CT molecular complexity index is 1760. The van der Waals surface area contributed by atoms with Gasteiger partial charge in [0, 0.05) is 44.5 Å². The zero-order valence-corrected chi connectivity index (χ0v) is 32.8. The fourth-order valence-corrected chi connectivity index (χ4v) is 5.90. The van der Waals surface area contributed by atoms with Gasteiger partial charge in [-0.25, -0.2) is 4.79 Å². The molecule has 0 spiro atoms. The zero-order chi connectivity index (χ0) is 41.5. The van der Waals surface area contributed by atoms with Crippen LogP contribution < -0.4 is 25.4 Å². The van der Waals surface area contributed by atoms with Crippen LogP contribution in [0, 0.1) is 5.41 Å². The van der Waals surface area contributed by atoms with Gasteiger partial charge in [0.05, 0.1) is 31.3 Å². The van der Waals surface area contributed by atoms with Crippen molar-refractivity contribution >= 4 is 35.6 Å². The Morgan fingerprint density at radius 3 is 2.44 bits per heavy atom. The molecular weight excluding hydrogens is 751 g/mol. The number of ether oxygens (including phenoxy) is 5. The van der Waals surface area contributed by atoms with Crippen molar-refractivity contribution in [2.24, 2.45) is 5.41 Å². The summed E-state index contributed by atoms with van der Waals surface area (Å²) in [5.41, 5.74) is -0.494. The lowest BCUT2D eigenvalue weighted by molar-refractivity contribution is -0.155. The van der Waals surface area contributed by atoms with Gasteiger partial charge in [0.2, 0.25) is 11.9 Å². The Balaban J connectivity index is 1.59. The second kappa shape index (κ2) is 20.7. The van der Waals surface area contributed by atoms with Crippen molar-refractivity contribution in [3.8, 4) is 11.8 Å². The number of esters is 1. The van der Waals surface area contributed by atoms with Crippen LogP contribution in [0.1, 0.15) is 69.7 Å². The van der Waals surface area contributed by atoms with Crippen molar-refractivity contribution in [3.05, 3.63) is 60.2 Å². The Labute approximate surface area is 330 Å². The number of benzene rings is 1. The average molecular weight is 804 g/mol. The monoisotopic (exact) mass is 803 g/mol. The van der Waals surface area contributed by atoms with Crippen molar-refractivity contribution in [2.75, 3.05) is 70.3 Å². The van der Waals surface area contributed by atoms with E-state index in [2.05, 4.69) is 37.5 Å². The van der Waals surface area contributed by atoms with Crippen LogP contribution in [0.4, 0.5) is 35.5 Å². The van der Waals surface area contributed by atoms with E-state index in [1.54, 1.807) is 45.1 Å². The number of likely N-dealkylation sites (tertiary alicyclic amines) is 1. The number of nitrogens with one attached hydrogen (secondary N) is 3. The average Bonchev–Trinajstić information content (AvgIpc) is 3.16. The van der Waals surface area contributed by atoms with Gasteiger partial charge in [0.25, 0.3) is 5.91 Å². The van der Waals surface area contributed by atoms with Gasteiger partial charge in [-0.3, -0.25) is 9.59 Å². The molecule has 2 aliphatic heterocycles. The second-order valence-electron chi connectivity index (χ2n) is 14.5. The van der Waals surface area contributed by atoms with Gasteiger partial charge in [-0.15, -0.1) is 0 Å². The molecule has 0 saturated carbocycles. The number of alkyl halides is 3. The summed E-state index contributed by atoms with van der Waals surface area (Å²) < 4.78 is 66.5. The van der Waals surface area contributed by atoms with E-state index in [9.17, 15) is 27.6 Å². The van der Waals surface area contributed by atoms with Crippen LogP contribution >= 0.6 is 0 Å². The molecule has 0 unspecified atom stereocenters. The molecule has 0 aliphatic carbocycles. The fourth-order valence-electron chi connectivity index (χ4n) is 5.90. The van der Waals surface area contributed by atoms with Crippen LogP contribution in [0.15, 0.2) is 54.7 Å². The minimum absolute atomic E-state index is 0.0667.